The van der Waals surface area contributed by atoms with Gasteiger partial charge in [-0.3, -0.25) is 9.69 Å². The first kappa shape index (κ1) is 21.3. The minimum Gasteiger partial charge on any atom is -0.351 e. The minimum absolute atomic E-state index is 0.231. The molecule has 0 atom stereocenters. The summed E-state index contributed by atoms with van der Waals surface area (Å²) in [5.74, 6) is 0.184. The molecule has 1 N–H and O–H groups in total. The lowest BCUT2D eigenvalue weighted by Crippen LogP contribution is -2.38. The van der Waals surface area contributed by atoms with Crippen molar-refractivity contribution in [3.8, 4) is 0 Å². The van der Waals surface area contributed by atoms with E-state index < -0.39 is 11.9 Å². The van der Waals surface area contributed by atoms with Gasteiger partial charge in [-0.05, 0) is 67.9 Å². The molecule has 1 fully saturated rings. The van der Waals surface area contributed by atoms with Crippen molar-refractivity contribution in [3.63, 3.8) is 0 Å². The van der Waals surface area contributed by atoms with Crippen LogP contribution in [0.25, 0.3) is 10.2 Å². The summed E-state index contributed by atoms with van der Waals surface area (Å²) in [5, 5.41) is 5.67. The van der Waals surface area contributed by atoms with E-state index >= 15 is 0 Å². The number of likely N-dealkylation sites (tertiary alicyclic amines) is 1. The molecule has 1 aliphatic rings. The van der Waals surface area contributed by atoms with Crippen molar-refractivity contribution in [1.82, 2.24) is 15.2 Å². The Hall–Kier alpha value is -1.97. The molecule has 4 nitrogen and oxygen atoms in total. The molecule has 3 aromatic rings. The average molecular weight is 454 g/mol. The van der Waals surface area contributed by atoms with Gasteiger partial charge in [0.05, 0.1) is 4.88 Å². The Kier molecular flexibility index (Phi) is 6.13. The van der Waals surface area contributed by atoms with E-state index in [1.54, 1.807) is 18.3 Å². The van der Waals surface area contributed by atoms with Gasteiger partial charge in [0.1, 0.15) is 10.5 Å². The normalized spacial score (nSPS) is 16.3. The van der Waals surface area contributed by atoms with Crippen LogP contribution >= 0.6 is 22.7 Å². The molecule has 1 aliphatic heterocycles. The van der Waals surface area contributed by atoms with E-state index in [9.17, 15) is 18.0 Å². The number of halogens is 3. The van der Waals surface area contributed by atoms with Gasteiger partial charge in [0, 0.05) is 23.4 Å². The van der Waals surface area contributed by atoms with E-state index in [0.717, 1.165) is 49.9 Å². The van der Waals surface area contributed by atoms with Crippen molar-refractivity contribution in [3.05, 3.63) is 50.7 Å². The number of hydrogen-bond donors (Lipinski definition) is 1. The third-order valence-corrected chi connectivity index (χ3v) is 7.58. The number of rotatable bonds is 5. The first-order valence-electron chi connectivity index (χ1n) is 9.81. The van der Waals surface area contributed by atoms with Crippen molar-refractivity contribution in [2.45, 2.75) is 32.5 Å². The molecule has 160 valence electrons. The molecular formula is C21H22F3N3OS2. The van der Waals surface area contributed by atoms with Crippen molar-refractivity contribution >= 4 is 38.8 Å². The Balaban J connectivity index is 1.34. The van der Waals surface area contributed by atoms with Crippen LogP contribution < -0.4 is 5.32 Å². The maximum absolute atomic E-state index is 12.9. The zero-order valence-electron chi connectivity index (χ0n) is 16.5. The summed E-state index contributed by atoms with van der Waals surface area (Å²) in [7, 11) is 0. The molecule has 3 aromatic heterocycles. The van der Waals surface area contributed by atoms with Crippen LogP contribution in [0.15, 0.2) is 29.6 Å². The molecule has 9 heteroatoms. The number of amides is 1. The highest BCUT2D eigenvalue weighted by atomic mass is 32.1. The van der Waals surface area contributed by atoms with E-state index in [1.807, 2.05) is 0 Å². The van der Waals surface area contributed by atoms with E-state index in [2.05, 4.69) is 32.7 Å². The lowest BCUT2D eigenvalue weighted by molar-refractivity contribution is -0.140. The molecule has 0 unspecified atom stereocenters. The molecule has 0 saturated carbocycles. The van der Waals surface area contributed by atoms with Crippen molar-refractivity contribution in [2.75, 3.05) is 19.6 Å². The summed E-state index contributed by atoms with van der Waals surface area (Å²) in [6.07, 6.45) is -2.45. The lowest BCUT2D eigenvalue weighted by Gasteiger charge is -2.31. The average Bonchev–Trinajstić information content (AvgIpc) is 3.34. The molecule has 4 rings (SSSR count). The standard InChI is InChI=1S/C21H22F3N3OS2/c1-13-16-4-5-17(21(22,23)24)26-20(16)30-18(13)19(28)25-11-14-6-8-27(9-7-14)12-15-3-2-10-29-15/h2-5,10,14H,6-9,11-12H2,1H3,(H,25,28). The van der Waals surface area contributed by atoms with Crippen LogP contribution in [0.5, 0.6) is 0 Å². The number of hydrogen-bond acceptors (Lipinski definition) is 5. The van der Waals surface area contributed by atoms with Gasteiger partial charge in [0.2, 0.25) is 0 Å². The fourth-order valence-corrected chi connectivity index (χ4v) is 5.61. The SMILES string of the molecule is Cc1c(C(=O)NCC2CCN(Cc3cccs3)CC2)sc2nc(C(F)(F)F)ccc12. The third kappa shape index (κ3) is 4.68. The lowest BCUT2D eigenvalue weighted by atomic mass is 9.96. The van der Waals surface area contributed by atoms with Crippen LogP contribution in [0, 0.1) is 12.8 Å². The van der Waals surface area contributed by atoms with E-state index in [0.29, 0.717) is 28.3 Å². The fourth-order valence-electron chi connectivity index (χ4n) is 3.76. The second-order valence-corrected chi connectivity index (χ2v) is 9.64. The number of aryl methyl sites for hydroxylation is 1. The van der Waals surface area contributed by atoms with Crippen LogP contribution in [-0.4, -0.2) is 35.4 Å². The largest absolute Gasteiger partial charge is 0.433 e. The summed E-state index contributed by atoms with van der Waals surface area (Å²) in [5.41, 5.74) is -0.253. The van der Waals surface area contributed by atoms with Crippen molar-refractivity contribution in [2.24, 2.45) is 5.92 Å². The number of fused-ring (bicyclic) bond motifs is 1. The maximum atomic E-state index is 12.9. The zero-order chi connectivity index (χ0) is 21.3. The van der Waals surface area contributed by atoms with Crippen LogP contribution in [0.2, 0.25) is 0 Å². The van der Waals surface area contributed by atoms with Gasteiger partial charge in [-0.15, -0.1) is 22.7 Å². The summed E-state index contributed by atoms with van der Waals surface area (Å²) >= 11 is 2.79. The molecule has 0 spiro atoms. The topological polar surface area (TPSA) is 45.2 Å². The molecule has 0 radical (unpaired) electrons. The first-order valence-corrected chi connectivity index (χ1v) is 11.5. The number of thiophene rings is 2. The fraction of sp³-hybridized carbons (Fsp3) is 0.429. The van der Waals surface area contributed by atoms with Gasteiger partial charge in [-0.2, -0.15) is 13.2 Å². The van der Waals surface area contributed by atoms with Gasteiger partial charge in [0.15, 0.2) is 0 Å². The number of carbonyl (C=O) groups is 1. The summed E-state index contributed by atoms with van der Waals surface area (Å²) < 4.78 is 38.7. The van der Waals surface area contributed by atoms with Gasteiger partial charge >= 0.3 is 6.18 Å². The number of carbonyl (C=O) groups excluding carboxylic acids is 1. The molecule has 1 amide bonds. The highest BCUT2D eigenvalue weighted by molar-refractivity contribution is 7.20. The highest BCUT2D eigenvalue weighted by Gasteiger charge is 2.33. The van der Waals surface area contributed by atoms with Crippen LogP contribution in [-0.2, 0) is 12.7 Å². The van der Waals surface area contributed by atoms with Crippen molar-refractivity contribution in [1.29, 1.82) is 0 Å². The Morgan fingerprint density at radius 2 is 2.03 bits per heavy atom. The van der Waals surface area contributed by atoms with E-state index in [4.69, 9.17) is 0 Å². The number of aromatic nitrogens is 1. The number of nitrogens with one attached hydrogen (secondary N) is 1. The number of pyridine rings is 1. The second kappa shape index (κ2) is 8.64. The third-order valence-electron chi connectivity index (χ3n) is 5.52. The Morgan fingerprint density at radius 3 is 2.70 bits per heavy atom. The summed E-state index contributed by atoms with van der Waals surface area (Å²) in [4.78, 5) is 20.9. The smallest absolute Gasteiger partial charge is 0.351 e. The van der Waals surface area contributed by atoms with Crippen LogP contribution in [0.1, 0.15) is 38.6 Å². The maximum Gasteiger partial charge on any atom is 0.433 e. The molecule has 0 aromatic carbocycles. The molecule has 1 saturated heterocycles. The molecule has 30 heavy (non-hydrogen) atoms. The second-order valence-electron chi connectivity index (χ2n) is 7.61. The van der Waals surface area contributed by atoms with Gasteiger partial charge in [-0.1, -0.05) is 6.07 Å². The first-order chi connectivity index (χ1) is 14.3. The zero-order valence-corrected chi connectivity index (χ0v) is 18.1. The predicted molar refractivity (Wildman–Crippen MR) is 114 cm³/mol. The van der Waals surface area contributed by atoms with Crippen LogP contribution in [0.4, 0.5) is 13.2 Å². The van der Waals surface area contributed by atoms with Gasteiger partial charge in [0.25, 0.3) is 5.91 Å². The highest BCUT2D eigenvalue weighted by Crippen LogP contribution is 2.34. The quantitative estimate of drug-likeness (QED) is 0.568. The van der Waals surface area contributed by atoms with Crippen LogP contribution in [0.3, 0.4) is 0 Å². The summed E-state index contributed by atoms with van der Waals surface area (Å²) in [6.45, 7) is 5.33. The Labute approximate surface area is 180 Å². The van der Waals surface area contributed by atoms with Gasteiger partial charge in [-0.25, -0.2) is 4.98 Å². The molecule has 0 aliphatic carbocycles. The molecule has 0 bridgehead atoms. The monoisotopic (exact) mass is 453 g/mol. The number of nitrogens with zero attached hydrogens (tertiary/aromatic N) is 2. The van der Waals surface area contributed by atoms with E-state index in [1.165, 1.54) is 10.9 Å². The van der Waals surface area contributed by atoms with Crippen molar-refractivity contribution < 1.29 is 18.0 Å². The van der Waals surface area contributed by atoms with E-state index in [-0.39, 0.29) is 10.7 Å². The van der Waals surface area contributed by atoms with Gasteiger partial charge < -0.3 is 5.32 Å². The minimum atomic E-state index is -4.49. The Morgan fingerprint density at radius 1 is 1.27 bits per heavy atom. The number of alkyl halides is 3. The summed E-state index contributed by atoms with van der Waals surface area (Å²) in [6, 6.07) is 6.58. The molecular weight excluding hydrogens is 431 g/mol. The Bertz CT molecular complexity index is 1020. The molecule has 4 heterocycles. The number of piperidine rings is 1. The predicted octanol–water partition coefficient (Wildman–Crippen LogP) is 5.33.